The fourth-order valence-electron chi connectivity index (χ4n) is 2.62. The number of hydrogen-bond acceptors (Lipinski definition) is 6. The van der Waals surface area contributed by atoms with E-state index < -0.39 is 0 Å². The predicted molar refractivity (Wildman–Crippen MR) is 107 cm³/mol. The maximum atomic E-state index is 13.0. The molecule has 4 nitrogen and oxygen atoms in total. The molecule has 0 amide bonds. The molecular weight excluding hydrogens is 380 g/mol. The summed E-state index contributed by atoms with van der Waals surface area (Å²) in [6.07, 6.45) is 0. The Morgan fingerprint density at radius 1 is 0.708 bits per heavy atom. The van der Waals surface area contributed by atoms with Crippen molar-refractivity contribution < 1.29 is 10.2 Å². The van der Waals surface area contributed by atoms with Crippen molar-refractivity contribution >= 4 is 64.1 Å². The average Bonchev–Trinajstić information content (AvgIpc) is 3.21. The highest BCUT2D eigenvalue weighted by Crippen LogP contribution is 2.45. The van der Waals surface area contributed by atoms with Crippen molar-refractivity contribution in [1.82, 2.24) is 9.15 Å². The number of rotatable bonds is 4. The molecule has 1 N–H and O–H groups in total. The lowest BCUT2D eigenvalue weighted by Gasteiger charge is -2.08. The number of fused-ring (bicyclic) bond motifs is 2. The van der Waals surface area contributed by atoms with Crippen LogP contribution in [0.25, 0.3) is 18.8 Å². The van der Waals surface area contributed by atoms with Crippen LogP contribution in [0.15, 0.2) is 0 Å². The van der Waals surface area contributed by atoms with Crippen molar-refractivity contribution in [3.8, 4) is 11.5 Å². The molecule has 0 spiro atoms. The third-order valence-corrected chi connectivity index (χ3v) is 9.44. The van der Waals surface area contributed by atoms with Crippen molar-refractivity contribution in [3.63, 3.8) is 0 Å². The molecule has 0 aliphatic carbocycles. The minimum Gasteiger partial charge on any atom is -0.870 e. The quantitative estimate of drug-likeness (QED) is 0.683. The molecule has 1 aromatic carbocycles. The zero-order valence-electron chi connectivity index (χ0n) is 14.2. The topological polar surface area (TPSA) is 49.3 Å². The van der Waals surface area contributed by atoms with Crippen molar-refractivity contribution in [2.45, 2.75) is 27.7 Å². The van der Waals surface area contributed by atoms with E-state index in [1.165, 1.54) is 45.3 Å². The first-order chi connectivity index (χ1) is 11.5. The van der Waals surface area contributed by atoms with Crippen LogP contribution < -0.4 is 22.2 Å². The summed E-state index contributed by atoms with van der Waals surface area (Å²) in [5.41, 5.74) is 0. The normalized spacial score (nSPS) is 11.5. The Labute approximate surface area is 156 Å². The third-order valence-electron chi connectivity index (χ3n) is 4.06. The summed E-state index contributed by atoms with van der Waals surface area (Å²) >= 11 is 6.08. The molecule has 3 rings (SSSR count). The van der Waals surface area contributed by atoms with Gasteiger partial charge in [-0.25, -0.2) is 9.15 Å². The summed E-state index contributed by atoms with van der Waals surface area (Å²) in [7, 11) is 0. The Hall–Kier alpha value is -0.960. The lowest BCUT2D eigenvalue weighted by molar-refractivity contribution is -0.262. The van der Waals surface area contributed by atoms with E-state index in [0.717, 1.165) is 43.5 Å². The Bertz CT molecular complexity index is 881. The van der Waals surface area contributed by atoms with Gasteiger partial charge in [0.05, 0.1) is 9.40 Å². The maximum absolute atomic E-state index is 13.0. The molecule has 0 saturated carbocycles. The molecule has 8 heteroatoms. The zero-order valence-corrected chi connectivity index (χ0v) is 17.5. The fourth-order valence-corrected chi connectivity index (χ4v) is 8.36. The van der Waals surface area contributed by atoms with Gasteiger partial charge in [-0.1, -0.05) is 51.1 Å². The first kappa shape index (κ1) is 17.8. The van der Waals surface area contributed by atoms with Crippen LogP contribution in [0.5, 0.6) is 11.5 Å². The second kappa shape index (κ2) is 7.11. The molecule has 0 atom stereocenters. The molecule has 0 bridgehead atoms. The average molecular weight is 402 g/mol. The molecule has 2 aromatic heterocycles. The first-order valence-corrected chi connectivity index (χ1v) is 11.4. The second-order valence-corrected chi connectivity index (χ2v) is 9.79. The summed E-state index contributed by atoms with van der Waals surface area (Å²) < 4.78 is 9.49. The van der Waals surface area contributed by atoms with E-state index in [2.05, 4.69) is 36.8 Å². The van der Waals surface area contributed by atoms with E-state index in [-0.39, 0.29) is 11.5 Å². The van der Waals surface area contributed by atoms with Crippen LogP contribution in [-0.4, -0.2) is 31.3 Å². The minimum absolute atomic E-state index is 0.0668. The van der Waals surface area contributed by atoms with Gasteiger partial charge in [-0.15, -0.1) is 0 Å². The van der Waals surface area contributed by atoms with Crippen LogP contribution in [0.3, 0.4) is 0 Å². The van der Waals surface area contributed by atoms with E-state index in [0.29, 0.717) is 9.40 Å². The molecule has 24 heavy (non-hydrogen) atoms. The largest absolute Gasteiger partial charge is 0.870 e. The summed E-state index contributed by atoms with van der Waals surface area (Å²) in [4.78, 5) is 0. The highest BCUT2D eigenvalue weighted by Gasteiger charge is 2.18. The molecular formula is C16H21N2O2S4+. The van der Waals surface area contributed by atoms with Gasteiger partial charge in [-0.2, -0.15) is 0 Å². The molecule has 0 saturated heterocycles. The molecule has 130 valence electrons. The smallest absolute Gasteiger partial charge is 0.315 e. The van der Waals surface area contributed by atoms with Crippen molar-refractivity contribution in [3.05, 3.63) is 7.97 Å². The molecule has 0 radical (unpaired) electrons. The van der Waals surface area contributed by atoms with Crippen LogP contribution in [0.2, 0.25) is 0 Å². The van der Waals surface area contributed by atoms with E-state index >= 15 is 0 Å². The summed E-state index contributed by atoms with van der Waals surface area (Å²) in [6.45, 7) is 12.0. The molecule has 0 aliphatic rings. The number of aromatic hydroxyl groups is 1. The van der Waals surface area contributed by atoms with E-state index in [4.69, 9.17) is 0 Å². The van der Waals surface area contributed by atoms with Gasteiger partial charge in [-0.05, 0) is 27.7 Å². The highest BCUT2D eigenvalue weighted by molar-refractivity contribution is 7.39. The van der Waals surface area contributed by atoms with Crippen molar-refractivity contribution in [2.75, 3.05) is 26.2 Å². The number of benzene rings is 1. The lowest BCUT2D eigenvalue weighted by atomic mass is 10.3. The van der Waals surface area contributed by atoms with Gasteiger partial charge in [0.15, 0.2) is 5.75 Å². The van der Waals surface area contributed by atoms with E-state index in [1.54, 1.807) is 0 Å². The number of phenols is 1. The van der Waals surface area contributed by atoms with Crippen LogP contribution >= 0.6 is 45.3 Å². The lowest BCUT2D eigenvalue weighted by Crippen LogP contribution is -2.25. The minimum atomic E-state index is 0.0668. The van der Waals surface area contributed by atoms with Gasteiger partial charge in [0.1, 0.15) is 26.2 Å². The monoisotopic (exact) mass is 401 g/mol. The van der Waals surface area contributed by atoms with Crippen LogP contribution in [0.1, 0.15) is 27.7 Å². The summed E-state index contributed by atoms with van der Waals surface area (Å²) in [5.74, 6) is 0.344. The van der Waals surface area contributed by atoms with E-state index in [1.807, 2.05) is 0 Å². The van der Waals surface area contributed by atoms with Crippen molar-refractivity contribution in [1.29, 1.82) is 0 Å². The Balaban J connectivity index is 2.44. The Morgan fingerprint density at radius 2 is 1.04 bits per heavy atom. The summed E-state index contributed by atoms with van der Waals surface area (Å²) in [6, 6.07) is 0. The van der Waals surface area contributed by atoms with Gasteiger partial charge < -0.3 is 10.2 Å². The molecule has 3 aromatic rings. The van der Waals surface area contributed by atoms with Gasteiger partial charge in [-0.3, -0.25) is 0 Å². The molecule has 2 heterocycles. The van der Waals surface area contributed by atoms with Crippen LogP contribution in [-0.2, 0) is 0 Å². The Morgan fingerprint density at radius 3 is 1.38 bits per heavy atom. The number of hydrogen-bond donors (Lipinski definition) is 1. The van der Waals surface area contributed by atoms with Gasteiger partial charge in [0.2, 0.25) is 0 Å². The number of phenolic OH excluding ortho intramolecular Hbond substituents is 1. The third kappa shape index (κ3) is 2.79. The first-order valence-electron chi connectivity index (χ1n) is 8.10. The van der Waals surface area contributed by atoms with Gasteiger partial charge >= 0.3 is 7.97 Å². The fraction of sp³-hybridized carbons (Fsp3) is 0.500. The Kier molecular flexibility index (Phi) is 5.29. The SMILES string of the molecule is CC[N+](CC)=c1sc2c([O-])c3sc(=[N+](CC)CC)sc3c(O)c2s1. The second-order valence-electron chi connectivity index (χ2n) is 5.28. The zero-order chi connectivity index (χ0) is 17.4. The van der Waals surface area contributed by atoms with Gasteiger partial charge in [0.25, 0.3) is 0 Å². The van der Waals surface area contributed by atoms with Crippen LogP contribution in [0, 0.1) is 0 Å². The van der Waals surface area contributed by atoms with Crippen LogP contribution in [0.4, 0.5) is 0 Å². The molecule has 0 fully saturated rings. The molecule has 0 unspecified atom stereocenters. The maximum Gasteiger partial charge on any atom is 0.315 e. The predicted octanol–water partition coefficient (Wildman–Crippen LogP) is 2.64. The summed E-state index contributed by atoms with van der Waals surface area (Å²) in [5, 5.41) is 23.7. The number of nitrogens with zero attached hydrogens (tertiary/aromatic N) is 2. The highest BCUT2D eigenvalue weighted by atomic mass is 32.2. The molecule has 0 aliphatic heterocycles. The standard InChI is InChI=1S/C16H20N2O2S4/c1-5-17(6-2)15-21-11-9(19)13-14(10(20)12(11)22-15)24-16(23-13)18(7-3)8-4/h5-8H2,1-4H3/p+1. The van der Waals surface area contributed by atoms with Gasteiger partial charge in [0, 0.05) is 9.40 Å². The van der Waals surface area contributed by atoms with E-state index in [9.17, 15) is 10.2 Å². The van der Waals surface area contributed by atoms with Crippen molar-refractivity contribution in [2.24, 2.45) is 0 Å².